The van der Waals surface area contributed by atoms with E-state index in [0.29, 0.717) is 23.5 Å². The summed E-state index contributed by atoms with van der Waals surface area (Å²) >= 11 is 0. The van der Waals surface area contributed by atoms with Crippen LogP contribution in [0.5, 0.6) is 0 Å². The van der Waals surface area contributed by atoms with Gasteiger partial charge in [0.15, 0.2) is 0 Å². The zero-order valence-electron chi connectivity index (χ0n) is 10.5. The van der Waals surface area contributed by atoms with Gasteiger partial charge in [-0.15, -0.1) is 0 Å². The number of nitrogens with zero attached hydrogens (tertiary/aromatic N) is 2. The molecule has 2 rings (SSSR count). The van der Waals surface area contributed by atoms with E-state index >= 15 is 0 Å². The SMILES string of the molecule is CCNC(=O)c1ccc(N)cc1-n1cc(C)cn1. The number of hydrogen-bond donors (Lipinski definition) is 2. The van der Waals surface area contributed by atoms with Crippen molar-refractivity contribution < 1.29 is 4.79 Å². The van der Waals surface area contributed by atoms with Gasteiger partial charge in [-0.25, -0.2) is 4.68 Å². The molecule has 0 radical (unpaired) electrons. The first-order valence-electron chi connectivity index (χ1n) is 5.81. The number of nitrogen functional groups attached to an aromatic ring is 1. The van der Waals surface area contributed by atoms with E-state index in [4.69, 9.17) is 5.73 Å². The lowest BCUT2D eigenvalue weighted by Crippen LogP contribution is -2.24. The summed E-state index contributed by atoms with van der Waals surface area (Å²) in [5, 5.41) is 6.99. The second kappa shape index (κ2) is 4.91. The van der Waals surface area contributed by atoms with Gasteiger partial charge in [0.05, 0.1) is 17.4 Å². The van der Waals surface area contributed by atoms with Crippen molar-refractivity contribution in [2.45, 2.75) is 13.8 Å². The van der Waals surface area contributed by atoms with Gasteiger partial charge >= 0.3 is 0 Å². The van der Waals surface area contributed by atoms with Crippen LogP contribution in [0.3, 0.4) is 0 Å². The van der Waals surface area contributed by atoms with Crippen LogP contribution in [-0.4, -0.2) is 22.2 Å². The van der Waals surface area contributed by atoms with Gasteiger partial charge in [-0.3, -0.25) is 4.79 Å². The van der Waals surface area contributed by atoms with E-state index in [-0.39, 0.29) is 5.91 Å². The molecule has 0 saturated carbocycles. The van der Waals surface area contributed by atoms with E-state index in [1.165, 1.54) is 0 Å². The lowest BCUT2D eigenvalue weighted by atomic mass is 10.1. The number of amides is 1. The second-order valence-corrected chi connectivity index (χ2v) is 4.10. The van der Waals surface area contributed by atoms with Gasteiger partial charge in [0.1, 0.15) is 0 Å². The highest BCUT2D eigenvalue weighted by Gasteiger charge is 2.13. The zero-order chi connectivity index (χ0) is 13.1. The number of aryl methyl sites for hydroxylation is 1. The third kappa shape index (κ3) is 2.34. The topological polar surface area (TPSA) is 72.9 Å². The molecule has 0 atom stereocenters. The molecule has 1 aromatic carbocycles. The summed E-state index contributed by atoms with van der Waals surface area (Å²) in [4.78, 5) is 12.0. The molecule has 2 aromatic rings. The Morgan fingerprint density at radius 2 is 2.28 bits per heavy atom. The molecule has 0 spiro atoms. The fourth-order valence-corrected chi connectivity index (χ4v) is 1.73. The minimum absolute atomic E-state index is 0.124. The highest BCUT2D eigenvalue weighted by Crippen LogP contribution is 2.18. The third-order valence-electron chi connectivity index (χ3n) is 2.56. The number of carbonyl (C=O) groups is 1. The molecular weight excluding hydrogens is 228 g/mol. The molecule has 0 saturated heterocycles. The average Bonchev–Trinajstić information content (AvgIpc) is 2.76. The Morgan fingerprint density at radius 3 is 2.89 bits per heavy atom. The lowest BCUT2D eigenvalue weighted by Gasteiger charge is -2.10. The van der Waals surface area contributed by atoms with Crippen molar-refractivity contribution in [3.8, 4) is 5.69 Å². The molecule has 1 heterocycles. The minimum atomic E-state index is -0.124. The largest absolute Gasteiger partial charge is 0.399 e. The standard InChI is InChI=1S/C13H16N4O/c1-3-15-13(18)11-5-4-10(14)6-12(11)17-8-9(2)7-16-17/h4-8H,3,14H2,1-2H3,(H,15,18). The fourth-order valence-electron chi connectivity index (χ4n) is 1.73. The number of anilines is 1. The molecule has 5 nitrogen and oxygen atoms in total. The van der Waals surface area contributed by atoms with Crippen LogP contribution >= 0.6 is 0 Å². The summed E-state index contributed by atoms with van der Waals surface area (Å²) in [6.07, 6.45) is 3.60. The highest BCUT2D eigenvalue weighted by molar-refractivity contribution is 5.98. The Morgan fingerprint density at radius 1 is 1.50 bits per heavy atom. The Kier molecular flexibility index (Phi) is 3.32. The summed E-state index contributed by atoms with van der Waals surface area (Å²) in [5.74, 6) is -0.124. The van der Waals surface area contributed by atoms with Crippen molar-refractivity contribution >= 4 is 11.6 Å². The average molecular weight is 244 g/mol. The second-order valence-electron chi connectivity index (χ2n) is 4.10. The van der Waals surface area contributed by atoms with Crippen molar-refractivity contribution in [3.63, 3.8) is 0 Å². The Bertz CT molecular complexity index is 574. The first kappa shape index (κ1) is 12.2. The van der Waals surface area contributed by atoms with Crippen LogP contribution in [0.25, 0.3) is 5.69 Å². The molecule has 0 fully saturated rings. The molecule has 0 aliphatic rings. The van der Waals surface area contributed by atoms with E-state index in [2.05, 4.69) is 10.4 Å². The number of carbonyl (C=O) groups excluding carboxylic acids is 1. The molecule has 3 N–H and O–H groups in total. The normalized spacial score (nSPS) is 10.3. The van der Waals surface area contributed by atoms with E-state index < -0.39 is 0 Å². The highest BCUT2D eigenvalue weighted by atomic mass is 16.1. The van der Waals surface area contributed by atoms with Crippen molar-refractivity contribution in [3.05, 3.63) is 41.7 Å². The van der Waals surface area contributed by atoms with E-state index in [0.717, 1.165) is 5.56 Å². The Hall–Kier alpha value is -2.30. The van der Waals surface area contributed by atoms with Gasteiger partial charge in [-0.05, 0) is 37.6 Å². The quantitative estimate of drug-likeness (QED) is 0.804. The maximum absolute atomic E-state index is 12.0. The third-order valence-corrected chi connectivity index (χ3v) is 2.56. The molecule has 5 heteroatoms. The molecular formula is C13H16N4O. The molecule has 0 bridgehead atoms. The summed E-state index contributed by atoms with van der Waals surface area (Å²) in [5.41, 5.74) is 8.66. The van der Waals surface area contributed by atoms with Crippen molar-refractivity contribution in [1.82, 2.24) is 15.1 Å². The summed E-state index contributed by atoms with van der Waals surface area (Å²) in [6.45, 7) is 4.41. The summed E-state index contributed by atoms with van der Waals surface area (Å²) < 4.78 is 1.66. The predicted molar refractivity (Wildman–Crippen MR) is 70.7 cm³/mol. The first-order chi connectivity index (χ1) is 8.61. The number of nitrogens with one attached hydrogen (secondary N) is 1. The molecule has 1 aromatic heterocycles. The lowest BCUT2D eigenvalue weighted by molar-refractivity contribution is 0.0955. The summed E-state index contributed by atoms with van der Waals surface area (Å²) in [6, 6.07) is 5.17. The molecule has 1 amide bonds. The molecule has 0 aliphatic carbocycles. The minimum Gasteiger partial charge on any atom is -0.399 e. The Balaban J connectivity index is 2.50. The molecule has 0 unspecified atom stereocenters. The van der Waals surface area contributed by atoms with Gasteiger partial charge < -0.3 is 11.1 Å². The van der Waals surface area contributed by atoms with Crippen LogP contribution < -0.4 is 11.1 Å². The monoisotopic (exact) mass is 244 g/mol. The van der Waals surface area contributed by atoms with Gasteiger partial charge in [-0.2, -0.15) is 5.10 Å². The first-order valence-corrected chi connectivity index (χ1v) is 5.81. The van der Waals surface area contributed by atoms with E-state index in [1.54, 1.807) is 29.1 Å². The molecule has 0 aliphatic heterocycles. The van der Waals surface area contributed by atoms with Crippen LogP contribution in [0.1, 0.15) is 22.8 Å². The van der Waals surface area contributed by atoms with Gasteiger partial charge in [0.25, 0.3) is 5.91 Å². The van der Waals surface area contributed by atoms with E-state index in [1.807, 2.05) is 20.0 Å². The number of rotatable bonds is 3. The van der Waals surface area contributed by atoms with Gasteiger partial charge in [0, 0.05) is 18.4 Å². The Labute approximate surface area is 106 Å². The van der Waals surface area contributed by atoms with E-state index in [9.17, 15) is 4.79 Å². The fraction of sp³-hybridized carbons (Fsp3) is 0.231. The van der Waals surface area contributed by atoms with Crippen molar-refractivity contribution in [2.75, 3.05) is 12.3 Å². The smallest absolute Gasteiger partial charge is 0.253 e. The maximum atomic E-state index is 12.0. The maximum Gasteiger partial charge on any atom is 0.253 e. The number of hydrogen-bond acceptors (Lipinski definition) is 3. The number of aromatic nitrogens is 2. The van der Waals surface area contributed by atoms with Crippen LogP contribution in [-0.2, 0) is 0 Å². The van der Waals surface area contributed by atoms with Crippen LogP contribution in [0, 0.1) is 6.92 Å². The summed E-state index contributed by atoms with van der Waals surface area (Å²) in [7, 11) is 0. The van der Waals surface area contributed by atoms with Crippen LogP contribution in [0.4, 0.5) is 5.69 Å². The van der Waals surface area contributed by atoms with Crippen LogP contribution in [0.15, 0.2) is 30.6 Å². The van der Waals surface area contributed by atoms with Crippen LogP contribution in [0.2, 0.25) is 0 Å². The van der Waals surface area contributed by atoms with Crippen molar-refractivity contribution in [1.29, 1.82) is 0 Å². The van der Waals surface area contributed by atoms with Crippen molar-refractivity contribution in [2.24, 2.45) is 0 Å². The zero-order valence-corrected chi connectivity index (χ0v) is 10.5. The number of nitrogens with two attached hydrogens (primary N) is 1. The van der Waals surface area contributed by atoms with Gasteiger partial charge in [0.2, 0.25) is 0 Å². The number of benzene rings is 1. The molecule has 18 heavy (non-hydrogen) atoms. The van der Waals surface area contributed by atoms with Gasteiger partial charge in [-0.1, -0.05) is 0 Å². The molecule has 94 valence electrons. The predicted octanol–water partition coefficient (Wildman–Crippen LogP) is 1.51.